The number of carbonyl (C=O) groups is 1. The minimum atomic E-state index is -0.184. The molecule has 102 valence electrons. The molecule has 0 aliphatic rings. The lowest BCUT2D eigenvalue weighted by atomic mass is 10.1. The molecule has 1 aromatic carbocycles. The van der Waals surface area contributed by atoms with Crippen molar-refractivity contribution < 1.29 is 9.90 Å². The van der Waals surface area contributed by atoms with E-state index in [4.69, 9.17) is 5.11 Å². The molecule has 0 radical (unpaired) electrons. The van der Waals surface area contributed by atoms with Crippen molar-refractivity contribution in [2.45, 2.75) is 13.8 Å². The van der Waals surface area contributed by atoms with Gasteiger partial charge in [-0.05, 0) is 31.5 Å². The average Bonchev–Trinajstić information content (AvgIpc) is 2.86. The van der Waals surface area contributed by atoms with Gasteiger partial charge in [-0.2, -0.15) is 0 Å². The van der Waals surface area contributed by atoms with E-state index >= 15 is 0 Å². The maximum Gasteiger partial charge on any atom is 0.267 e. The second-order valence-electron chi connectivity index (χ2n) is 4.19. The Morgan fingerprint density at radius 2 is 2.25 bits per heavy atom. The van der Waals surface area contributed by atoms with Crippen LogP contribution in [0.3, 0.4) is 0 Å². The molecule has 0 aliphatic carbocycles. The van der Waals surface area contributed by atoms with Gasteiger partial charge in [0.15, 0.2) is 0 Å². The summed E-state index contributed by atoms with van der Waals surface area (Å²) in [5.41, 5.74) is 2.46. The number of rotatable bonds is 2. The molecule has 2 rings (SSSR count). The van der Waals surface area contributed by atoms with Gasteiger partial charge in [-0.3, -0.25) is 4.79 Å². The van der Waals surface area contributed by atoms with Crippen molar-refractivity contribution in [2.24, 2.45) is 0 Å². The van der Waals surface area contributed by atoms with Crippen LogP contribution in [0.5, 0.6) is 0 Å². The molecule has 5 heteroatoms. The number of benzene rings is 1. The molecular weight excluding hydrogens is 272 g/mol. The Labute approximate surface area is 121 Å². The zero-order chi connectivity index (χ0) is 14.5. The quantitative estimate of drug-likeness (QED) is 0.833. The Morgan fingerprint density at radius 1 is 1.45 bits per heavy atom. The summed E-state index contributed by atoms with van der Waals surface area (Å²) in [7, 11) is 0. The first kappa shape index (κ1) is 14.3. The minimum Gasteiger partial charge on any atom is -0.384 e. The molecule has 1 amide bonds. The van der Waals surface area contributed by atoms with E-state index in [1.54, 1.807) is 12.3 Å². The normalized spacial score (nSPS) is 9.75. The zero-order valence-corrected chi connectivity index (χ0v) is 12.0. The second kappa shape index (κ2) is 6.33. The Hall–Kier alpha value is -2.16. The number of aromatic nitrogens is 1. The van der Waals surface area contributed by atoms with Gasteiger partial charge < -0.3 is 10.4 Å². The fourth-order valence-corrected chi connectivity index (χ4v) is 2.30. The third-order valence-corrected chi connectivity index (χ3v) is 3.55. The summed E-state index contributed by atoms with van der Waals surface area (Å²) in [5, 5.41) is 12.4. The summed E-state index contributed by atoms with van der Waals surface area (Å²) in [6, 6.07) is 5.50. The minimum absolute atomic E-state index is 0.180. The predicted octanol–water partition coefficient (Wildman–Crippen LogP) is 2.36. The SMILES string of the molecule is Cc1ncc(C(=O)Nc2ccc(C)c(C#CCO)c2)s1. The second-order valence-corrected chi connectivity index (χ2v) is 5.42. The number of anilines is 1. The summed E-state index contributed by atoms with van der Waals surface area (Å²) in [5.74, 6) is 5.28. The first-order chi connectivity index (χ1) is 9.60. The van der Waals surface area contributed by atoms with Crippen LogP contribution in [-0.2, 0) is 0 Å². The Kier molecular flexibility index (Phi) is 4.51. The molecule has 0 spiro atoms. The molecule has 0 saturated carbocycles. The number of carbonyl (C=O) groups excluding carboxylic acids is 1. The molecular formula is C15H14N2O2S. The molecule has 2 N–H and O–H groups in total. The van der Waals surface area contributed by atoms with Gasteiger partial charge in [-0.1, -0.05) is 17.9 Å². The number of nitrogens with one attached hydrogen (secondary N) is 1. The molecule has 1 aromatic heterocycles. The Morgan fingerprint density at radius 3 is 2.90 bits per heavy atom. The van der Waals surface area contributed by atoms with Gasteiger partial charge in [0.05, 0.1) is 11.2 Å². The van der Waals surface area contributed by atoms with Gasteiger partial charge >= 0.3 is 0 Å². The van der Waals surface area contributed by atoms with E-state index < -0.39 is 0 Å². The van der Waals surface area contributed by atoms with Crippen molar-refractivity contribution in [3.63, 3.8) is 0 Å². The summed E-state index contributed by atoms with van der Waals surface area (Å²) >= 11 is 1.35. The van der Waals surface area contributed by atoms with E-state index in [9.17, 15) is 4.79 Å². The summed E-state index contributed by atoms with van der Waals surface area (Å²) in [6.07, 6.45) is 1.57. The number of hydrogen-bond donors (Lipinski definition) is 2. The number of aliphatic hydroxyl groups excluding tert-OH is 1. The van der Waals surface area contributed by atoms with Crippen LogP contribution in [0, 0.1) is 25.7 Å². The van der Waals surface area contributed by atoms with Gasteiger partial charge in [0.25, 0.3) is 5.91 Å². The molecule has 2 aromatic rings. The number of nitrogens with zero attached hydrogens (tertiary/aromatic N) is 1. The van der Waals surface area contributed by atoms with Crippen LogP contribution >= 0.6 is 11.3 Å². The molecule has 1 heterocycles. The molecule has 0 saturated heterocycles. The lowest BCUT2D eigenvalue weighted by molar-refractivity contribution is 0.103. The summed E-state index contributed by atoms with van der Waals surface area (Å²) < 4.78 is 0. The highest BCUT2D eigenvalue weighted by Gasteiger charge is 2.09. The topological polar surface area (TPSA) is 62.2 Å². The third kappa shape index (κ3) is 3.44. The number of aryl methyl sites for hydroxylation is 2. The van der Waals surface area contributed by atoms with Crippen molar-refractivity contribution >= 4 is 22.9 Å². The van der Waals surface area contributed by atoms with Crippen LogP contribution in [0.15, 0.2) is 24.4 Å². The molecule has 0 unspecified atom stereocenters. The standard InChI is InChI=1S/C15H14N2O2S/c1-10-5-6-13(8-12(10)4-3-7-18)17-15(19)14-9-16-11(2)20-14/h5-6,8-9,18H,7H2,1-2H3,(H,17,19). The molecule has 0 bridgehead atoms. The molecule has 4 nitrogen and oxygen atoms in total. The summed E-state index contributed by atoms with van der Waals surface area (Å²) in [4.78, 5) is 16.7. The van der Waals surface area contributed by atoms with E-state index in [1.807, 2.05) is 26.0 Å². The summed E-state index contributed by atoms with van der Waals surface area (Å²) in [6.45, 7) is 3.60. The number of amides is 1. The van der Waals surface area contributed by atoms with Crippen LogP contribution in [0.2, 0.25) is 0 Å². The monoisotopic (exact) mass is 286 g/mol. The fourth-order valence-electron chi connectivity index (χ4n) is 1.63. The van der Waals surface area contributed by atoms with Crippen molar-refractivity contribution in [1.29, 1.82) is 0 Å². The van der Waals surface area contributed by atoms with Crippen molar-refractivity contribution in [3.05, 3.63) is 45.4 Å². The van der Waals surface area contributed by atoms with Crippen LogP contribution in [0.4, 0.5) is 5.69 Å². The first-order valence-electron chi connectivity index (χ1n) is 6.04. The van der Waals surface area contributed by atoms with Crippen LogP contribution < -0.4 is 5.32 Å². The highest BCUT2D eigenvalue weighted by molar-refractivity contribution is 7.13. The van der Waals surface area contributed by atoms with E-state index in [1.165, 1.54) is 11.3 Å². The molecule has 0 atom stereocenters. The van der Waals surface area contributed by atoms with Crippen LogP contribution in [-0.4, -0.2) is 22.6 Å². The number of aliphatic hydroxyl groups is 1. The van der Waals surface area contributed by atoms with Crippen LogP contribution in [0.25, 0.3) is 0 Å². The number of hydrogen-bond acceptors (Lipinski definition) is 4. The number of thiazole rings is 1. The van der Waals surface area contributed by atoms with Gasteiger partial charge in [-0.25, -0.2) is 4.98 Å². The molecule has 20 heavy (non-hydrogen) atoms. The van der Waals surface area contributed by atoms with Crippen molar-refractivity contribution in [2.75, 3.05) is 11.9 Å². The zero-order valence-electron chi connectivity index (χ0n) is 11.2. The third-order valence-electron chi connectivity index (χ3n) is 2.64. The van der Waals surface area contributed by atoms with E-state index in [0.29, 0.717) is 10.6 Å². The molecule has 0 aliphatic heterocycles. The maximum absolute atomic E-state index is 12.0. The first-order valence-corrected chi connectivity index (χ1v) is 6.86. The van der Waals surface area contributed by atoms with Gasteiger partial charge in [-0.15, -0.1) is 11.3 Å². The van der Waals surface area contributed by atoms with Gasteiger partial charge in [0.2, 0.25) is 0 Å². The highest BCUT2D eigenvalue weighted by atomic mass is 32.1. The van der Waals surface area contributed by atoms with E-state index in [2.05, 4.69) is 22.1 Å². The fraction of sp³-hybridized carbons (Fsp3) is 0.200. The van der Waals surface area contributed by atoms with Crippen molar-refractivity contribution in [1.82, 2.24) is 4.98 Å². The molecule has 0 fully saturated rings. The van der Waals surface area contributed by atoms with Gasteiger partial charge in [0, 0.05) is 11.3 Å². The Bertz CT molecular complexity index is 695. The lowest BCUT2D eigenvalue weighted by Gasteiger charge is -2.05. The largest absolute Gasteiger partial charge is 0.384 e. The Balaban J connectivity index is 2.19. The average molecular weight is 286 g/mol. The predicted molar refractivity (Wildman–Crippen MR) is 79.9 cm³/mol. The van der Waals surface area contributed by atoms with Gasteiger partial charge in [0.1, 0.15) is 11.5 Å². The maximum atomic E-state index is 12.0. The highest BCUT2D eigenvalue weighted by Crippen LogP contribution is 2.17. The van der Waals surface area contributed by atoms with Crippen LogP contribution in [0.1, 0.15) is 25.8 Å². The smallest absolute Gasteiger partial charge is 0.267 e. The van der Waals surface area contributed by atoms with E-state index in [-0.39, 0.29) is 12.5 Å². The van der Waals surface area contributed by atoms with Crippen molar-refractivity contribution in [3.8, 4) is 11.8 Å². The van der Waals surface area contributed by atoms with E-state index in [0.717, 1.165) is 16.1 Å². The lowest BCUT2D eigenvalue weighted by Crippen LogP contribution is -2.10.